The molecular formula is C23H39ClN2O. The number of nitrogens with zero attached hydrogens (tertiary/aromatic N) is 2. The van der Waals surface area contributed by atoms with Gasteiger partial charge in [-0.15, -0.1) is 12.4 Å². The van der Waals surface area contributed by atoms with Gasteiger partial charge in [-0.25, -0.2) is 0 Å². The van der Waals surface area contributed by atoms with Crippen LogP contribution in [0.1, 0.15) is 63.9 Å². The Morgan fingerprint density at radius 1 is 1.00 bits per heavy atom. The van der Waals surface area contributed by atoms with Gasteiger partial charge in [0.25, 0.3) is 0 Å². The maximum absolute atomic E-state index is 5.23. The number of piperazine rings is 1. The molecule has 0 radical (unpaired) electrons. The summed E-state index contributed by atoms with van der Waals surface area (Å²) in [6.45, 7) is 11.3. The normalized spacial score (nSPS) is 21.1. The zero-order valence-electron chi connectivity index (χ0n) is 17.6. The highest BCUT2D eigenvalue weighted by Gasteiger charge is 2.33. The highest BCUT2D eigenvalue weighted by molar-refractivity contribution is 5.85. The summed E-state index contributed by atoms with van der Waals surface area (Å²) in [5, 5.41) is 0. The van der Waals surface area contributed by atoms with Crippen molar-refractivity contribution in [1.82, 2.24) is 4.90 Å². The van der Waals surface area contributed by atoms with E-state index in [9.17, 15) is 0 Å². The average molecular weight is 395 g/mol. The predicted octanol–water partition coefficient (Wildman–Crippen LogP) is 5.34. The van der Waals surface area contributed by atoms with Crippen molar-refractivity contribution in [3.8, 4) is 0 Å². The first-order chi connectivity index (χ1) is 12.7. The van der Waals surface area contributed by atoms with Gasteiger partial charge in [-0.1, -0.05) is 44.9 Å². The fraction of sp³-hybridized carbons (Fsp3) is 0.739. The maximum atomic E-state index is 5.23. The van der Waals surface area contributed by atoms with Crippen molar-refractivity contribution in [2.75, 3.05) is 51.3 Å². The summed E-state index contributed by atoms with van der Waals surface area (Å²) in [5.41, 5.74) is 3.74. The molecule has 0 N–H and O–H groups in total. The summed E-state index contributed by atoms with van der Waals surface area (Å²) < 4.78 is 5.23. The molecule has 1 aromatic carbocycles. The number of anilines is 1. The summed E-state index contributed by atoms with van der Waals surface area (Å²) >= 11 is 0. The van der Waals surface area contributed by atoms with Gasteiger partial charge in [-0.2, -0.15) is 0 Å². The average Bonchev–Trinajstić information content (AvgIpc) is 2.73. The molecule has 0 atom stereocenters. The Labute approximate surface area is 172 Å². The van der Waals surface area contributed by atoms with Crippen molar-refractivity contribution in [2.45, 2.75) is 58.3 Å². The minimum absolute atomic E-state index is 0. The van der Waals surface area contributed by atoms with Gasteiger partial charge in [-0.05, 0) is 48.6 Å². The maximum Gasteiger partial charge on any atom is 0.0589 e. The van der Waals surface area contributed by atoms with Crippen LogP contribution in [0.25, 0.3) is 0 Å². The lowest BCUT2D eigenvalue weighted by Gasteiger charge is -2.41. The molecule has 1 heterocycles. The molecule has 0 spiro atoms. The summed E-state index contributed by atoms with van der Waals surface area (Å²) in [6.07, 6.45) is 8.25. The quantitative estimate of drug-likeness (QED) is 0.620. The third-order valence-electron chi connectivity index (χ3n) is 7.25. The second-order valence-electron chi connectivity index (χ2n) is 8.36. The van der Waals surface area contributed by atoms with E-state index in [-0.39, 0.29) is 12.4 Å². The first-order valence-electron chi connectivity index (χ1n) is 10.8. The molecule has 1 saturated carbocycles. The van der Waals surface area contributed by atoms with Gasteiger partial charge in [-0.3, -0.25) is 4.90 Å². The monoisotopic (exact) mass is 394 g/mol. The molecule has 1 saturated heterocycles. The fourth-order valence-electron chi connectivity index (χ4n) is 5.05. The molecule has 3 rings (SSSR count). The summed E-state index contributed by atoms with van der Waals surface area (Å²) in [7, 11) is 1.79. The van der Waals surface area contributed by atoms with Crippen molar-refractivity contribution < 1.29 is 4.74 Å². The molecule has 4 heteroatoms. The first kappa shape index (κ1) is 22.5. The van der Waals surface area contributed by atoms with E-state index in [1.807, 2.05) is 0 Å². The highest BCUT2D eigenvalue weighted by atomic mass is 35.5. The summed E-state index contributed by atoms with van der Waals surface area (Å²) in [6, 6.07) is 9.24. The van der Waals surface area contributed by atoms with E-state index in [1.54, 1.807) is 12.7 Å². The van der Waals surface area contributed by atoms with Crippen LogP contribution in [0.15, 0.2) is 24.3 Å². The van der Waals surface area contributed by atoms with E-state index in [2.05, 4.69) is 47.9 Å². The predicted molar refractivity (Wildman–Crippen MR) is 118 cm³/mol. The number of benzene rings is 1. The van der Waals surface area contributed by atoms with Gasteiger partial charge in [0.1, 0.15) is 0 Å². The van der Waals surface area contributed by atoms with Crippen LogP contribution >= 0.6 is 12.4 Å². The van der Waals surface area contributed by atoms with Crippen LogP contribution in [-0.4, -0.2) is 51.3 Å². The van der Waals surface area contributed by atoms with E-state index in [1.165, 1.54) is 44.2 Å². The molecule has 0 aromatic heterocycles. The third-order valence-corrected chi connectivity index (χ3v) is 7.25. The molecule has 0 bridgehead atoms. The van der Waals surface area contributed by atoms with Gasteiger partial charge < -0.3 is 9.64 Å². The van der Waals surface area contributed by atoms with Crippen molar-refractivity contribution in [3.63, 3.8) is 0 Å². The van der Waals surface area contributed by atoms with Crippen molar-refractivity contribution in [2.24, 2.45) is 5.41 Å². The minimum Gasteiger partial charge on any atom is -0.383 e. The number of methoxy groups -OCH3 is 1. The largest absolute Gasteiger partial charge is 0.383 e. The van der Waals surface area contributed by atoms with E-state index in [0.717, 1.165) is 45.2 Å². The Balaban J connectivity index is 0.00000261. The number of hydrogen-bond acceptors (Lipinski definition) is 3. The standard InChI is InChI=1S/C23H38N2O.ClH/c1-4-23(5-2)12-10-20(11-13-23)21-8-6-7-9-22(21)25-16-14-24(15-17-25)18-19-26-3;/h6-9,20H,4-5,10-19H2,1-3H3;1H. The van der Waals surface area contributed by atoms with Gasteiger partial charge in [0.05, 0.1) is 6.61 Å². The Morgan fingerprint density at radius 2 is 1.63 bits per heavy atom. The number of hydrogen-bond donors (Lipinski definition) is 0. The lowest BCUT2D eigenvalue weighted by molar-refractivity contribution is 0.144. The highest BCUT2D eigenvalue weighted by Crippen LogP contribution is 2.48. The molecule has 0 unspecified atom stereocenters. The van der Waals surface area contributed by atoms with Crippen LogP contribution in [0, 0.1) is 5.41 Å². The molecule has 1 aliphatic heterocycles. The molecule has 2 fully saturated rings. The Morgan fingerprint density at radius 3 is 2.22 bits per heavy atom. The van der Waals surface area contributed by atoms with Crippen molar-refractivity contribution in [3.05, 3.63) is 29.8 Å². The van der Waals surface area contributed by atoms with E-state index < -0.39 is 0 Å². The molecule has 3 nitrogen and oxygen atoms in total. The fourth-order valence-corrected chi connectivity index (χ4v) is 5.05. The van der Waals surface area contributed by atoms with Crippen molar-refractivity contribution >= 4 is 18.1 Å². The van der Waals surface area contributed by atoms with E-state index in [0.29, 0.717) is 5.41 Å². The molecule has 154 valence electrons. The molecular weight excluding hydrogens is 356 g/mol. The minimum atomic E-state index is 0. The number of halogens is 1. The molecule has 1 aromatic rings. The number of ether oxygens (including phenoxy) is 1. The lowest BCUT2D eigenvalue weighted by atomic mass is 9.66. The Bertz CT molecular complexity index is 543. The Kier molecular flexibility index (Phi) is 8.91. The lowest BCUT2D eigenvalue weighted by Crippen LogP contribution is -2.47. The summed E-state index contributed by atoms with van der Waals surface area (Å²) in [5.74, 6) is 0.754. The van der Waals surface area contributed by atoms with Gasteiger partial charge in [0.15, 0.2) is 0 Å². The van der Waals surface area contributed by atoms with Gasteiger partial charge >= 0.3 is 0 Å². The van der Waals surface area contributed by atoms with Crippen LogP contribution in [0.2, 0.25) is 0 Å². The zero-order valence-corrected chi connectivity index (χ0v) is 18.4. The second-order valence-corrected chi connectivity index (χ2v) is 8.36. The van der Waals surface area contributed by atoms with Gasteiger partial charge in [0.2, 0.25) is 0 Å². The molecule has 27 heavy (non-hydrogen) atoms. The van der Waals surface area contributed by atoms with E-state index >= 15 is 0 Å². The zero-order chi connectivity index (χ0) is 18.4. The van der Waals surface area contributed by atoms with Crippen LogP contribution in [0.5, 0.6) is 0 Å². The number of rotatable bonds is 7. The number of para-hydroxylation sites is 1. The van der Waals surface area contributed by atoms with Crippen molar-refractivity contribution in [1.29, 1.82) is 0 Å². The molecule has 0 amide bonds. The first-order valence-corrected chi connectivity index (χ1v) is 10.8. The molecule has 2 aliphatic rings. The second kappa shape index (κ2) is 10.7. The topological polar surface area (TPSA) is 15.7 Å². The molecule has 1 aliphatic carbocycles. The summed E-state index contributed by atoms with van der Waals surface area (Å²) in [4.78, 5) is 5.15. The van der Waals surface area contributed by atoms with Crippen LogP contribution < -0.4 is 4.90 Å². The van der Waals surface area contributed by atoms with E-state index in [4.69, 9.17) is 4.74 Å². The van der Waals surface area contributed by atoms with Gasteiger partial charge in [0, 0.05) is 45.5 Å². The van der Waals surface area contributed by atoms with Crippen LogP contribution in [0.3, 0.4) is 0 Å². The third kappa shape index (κ3) is 5.40. The van der Waals surface area contributed by atoms with Crippen LogP contribution in [0.4, 0.5) is 5.69 Å². The SMILES string of the molecule is CCC1(CC)CCC(c2ccccc2N2CCN(CCOC)CC2)CC1.Cl. The smallest absolute Gasteiger partial charge is 0.0589 e. The Hall–Kier alpha value is -0.770. The van der Waals surface area contributed by atoms with Crippen LogP contribution in [-0.2, 0) is 4.74 Å².